The molecule has 1 aromatic heterocycles. The van der Waals surface area contributed by atoms with Crippen LogP contribution in [0.3, 0.4) is 0 Å². The second kappa shape index (κ2) is 6.38. The molecule has 1 rings (SSSR count). The molecule has 1 N–H and O–H groups in total. The molecule has 78 valence electrons. The van der Waals surface area contributed by atoms with Crippen LogP contribution in [0.25, 0.3) is 0 Å². The van der Waals surface area contributed by atoms with Gasteiger partial charge in [-0.3, -0.25) is 4.98 Å². The molecule has 4 heteroatoms. The molecule has 1 atom stereocenters. The second-order valence-corrected chi connectivity index (χ2v) is 4.38. The van der Waals surface area contributed by atoms with E-state index in [2.05, 4.69) is 39.2 Å². The Balaban J connectivity index is 2.44. The van der Waals surface area contributed by atoms with E-state index in [1.807, 2.05) is 6.20 Å². The van der Waals surface area contributed by atoms with Crippen molar-refractivity contribution in [2.45, 2.75) is 25.9 Å². The molecule has 1 aromatic rings. The zero-order chi connectivity index (χ0) is 10.4. The third kappa shape index (κ3) is 3.95. The van der Waals surface area contributed by atoms with Crippen LogP contribution in [0.1, 0.15) is 18.9 Å². The molecule has 0 aliphatic rings. The summed E-state index contributed by atoms with van der Waals surface area (Å²) < 4.78 is 1.01. The Morgan fingerprint density at radius 2 is 2.36 bits per heavy atom. The average molecular weight is 278 g/mol. The molecular formula is C10H14BrClN2. The molecule has 0 saturated heterocycles. The molecule has 1 unspecified atom stereocenters. The van der Waals surface area contributed by atoms with Gasteiger partial charge in [-0.1, -0.05) is 6.92 Å². The maximum atomic E-state index is 5.78. The lowest BCUT2D eigenvalue weighted by atomic mass is 10.2. The first-order valence-electron chi connectivity index (χ1n) is 4.65. The summed E-state index contributed by atoms with van der Waals surface area (Å²) in [6, 6.07) is 2.44. The van der Waals surface area contributed by atoms with Gasteiger partial charge >= 0.3 is 0 Å². The average Bonchev–Trinajstić information content (AvgIpc) is 2.19. The van der Waals surface area contributed by atoms with E-state index in [0.717, 1.165) is 17.4 Å². The van der Waals surface area contributed by atoms with Crippen molar-refractivity contribution in [3.8, 4) is 0 Å². The van der Waals surface area contributed by atoms with Crippen molar-refractivity contribution in [1.82, 2.24) is 10.3 Å². The minimum atomic E-state index is 0.385. The van der Waals surface area contributed by atoms with E-state index >= 15 is 0 Å². The van der Waals surface area contributed by atoms with E-state index in [0.29, 0.717) is 11.9 Å². The van der Waals surface area contributed by atoms with E-state index in [4.69, 9.17) is 11.6 Å². The summed E-state index contributed by atoms with van der Waals surface area (Å²) >= 11 is 9.16. The topological polar surface area (TPSA) is 24.9 Å². The number of alkyl halides is 1. The predicted molar refractivity (Wildman–Crippen MR) is 63.6 cm³/mol. The van der Waals surface area contributed by atoms with Crippen molar-refractivity contribution < 1.29 is 0 Å². The fourth-order valence-electron chi connectivity index (χ4n) is 1.12. The van der Waals surface area contributed by atoms with Gasteiger partial charge in [0, 0.05) is 35.3 Å². The molecule has 0 bridgehead atoms. The van der Waals surface area contributed by atoms with E-state index in [1.54, 1.807) is 6.20 Å². The maximum Gasteiger partial charge on any atom is 0.0410 e. The van der Waals surface area contributed by atoms with Crippen LogP contribution >= 0.6 is 27.5 Å². The fraction of sp³-hybridized carbons (Fsp3) is 0.500. The number of halogens is 2. The van der Waals surface area contributed by atoms with Crippen molar-refractivity contribution in [2.24, 2.45) is 0 Å². The van der Waals surface area contributed by atoms with Gasteiger partial charge < -0.3 is 5.32 Å². The monoisotopic (exact) mass is 276 g/mol. The van der Waals surface area contributed by atoms with Gasteiger partial charge in [-0.15, -0.1) is 11.6 Å². The van der Waals surface area contributed by atoms with E-state index in [1.165, 1.54) is 5.56 Å². The smallest absolute Gasteiger partial charge is 0.0410 e. The van der Waals surface area contributed by atoms with Gasteiger partial charge in [0.2, 0.25) is 0 Å². The Morgan fingerprint density at radius 3 is 2.93 bits per heavy atom. The Labute approximate surface area is 98.2 Å². The van der Waals surface area contributed by atoms with Crippen LogP contribution in [-0.2, 0) is 6.54 Å². The van der Waals surface area contributed by atoms with Crippen molar-refractivity contribution in [3.63, 3.8) is 0 Å². The van der Waals surface area contributed by atoms with Gasteiger partial charge in [0.1, 0.15) is 0 Å². The van der Waals surface area contributed by atoms with Crippen LogP contribution in [0.4, 0.5) is 0 Å². The van der Waals surface area contributed by atoms with Crippen LogP contribution in [0, 0.1) is 0 Å². The minimum Gasteiger partial charge on any atom is -0.309 e. The SMILES string of the molecule is CCC(CCl)NCc1cncc(Br)c1. The molecule has 0 aromatic carbocycles. The number of aromatic nitrogens is 1. The second-order valence-electron chi connectivity index (χ2n) is 3.15. The van der Waals surface area contributed by atoms with Crippen molar-refractivity contribution in [2.75, 3.05) is 5.88 Å². The lowest BCUT2D eigenvalue weighted by Crippen LogP contribution is -2.29. The zero-order valence-electron chi connectivity index (χ0n) is 8.13. The largest absolute Gasteiger partial charge is 0.309 e. The molecule has 1 heterocycles. The number of nitrogens with zero attached hydrogens (tertiary/aromatic N) is 1. The molecule has 0 fully saturated rings. The van der Waals surface area contributed by atoms with E-state index in [-0.39, 0.29) is 0 Å². The van der Waals surface area contributed by atoms with Gasteiger partial charge in [-0.25, -0.2) is 0 Å². The highest BCUT2D eigenvalue weighted by molar-refractivity contribution is 9.10. The van der Waals surface area contributed by atoms with Crippen LogP contribution in [0.5, 0.6) is 0 Å². The van der Waals surface area contributed by atoms with Gasteiger partial charge in [-0.05, 0) is 34.0 Å². The summed E-state index contributed by atoms with van der Waals surface area (Å²) in [6.45, 7) is 2.94. The quantitative estimate of drug-likeness (QED) is 0.837. The molecule has 0 saturated carbocycles. The lowest BCUT2D eigenvalue weighted by molar-refractivity contribution is 0.538. The molecule has 0 aliphatic carbocycles. The number of nitrogens with one attached hydrogen (secondary N) is 1. The molecule has 0 aliphatic heterocycles. The Bertz CT molecular complexity index is 277. The summed E-state index contributed by atoms with van der Waals surface area (Å²) in [5.41, 5.74) is 1.17. The first kappa shape index (κ1) is 12.0. The molecule has 14 heavy (non-hydrogen) atoms. The van der Waals surface area contributed by atoms with Gasteiger partial charge in [0.05, 0.1) is 0 Å². The number of pyridine rings is 1. The summed E-state index contributed by atoms with van der Waals surface area (Å²) in [5.74, 6) is 0.651. The number of rotatable bonds is 5. The highest BCUT2D eigenvalue weighted by atomic mass is 79.9. The highest BCUT2D eigenvalue weighted by Crippen LogP contribution is 2.09. The summed E-state index contributed by atoms with van der Waals surface area (Å²) in [5, 5.41) is 3.37. The van der Waals surface area contributed by atoms with Crippen LogP contribution in [-0.4, -0.2) is 16.9 Å². The van der Waals surface area contributed by atoms with Crippen LogP contribution in [0.2, 0.25) is 0 Å². The molecule has 2 nitrogen and oxygen atoms in total. The number of hydrogen-bond donors (Lipinski definition) is 1. The van der Waals surface area contributed by atoms with Gasteiger partial charge in [0.25, 0.3) is 0 Å². The third-order valence-corrected chi connectivity index (χ3v) is 2.84. The Kier molecular flexibility index (Phi) is 5.45. The van der Waals surface area contributed by atoms with E-state index in [9.17, 15) is 0 Å². The standard InChI is InChI=1S/C10H14BrClN2/c1-2-10(4-12)14-6-8-3-9(11)7-13-5-8/h3,5,7,10,14H,2,4,6H2,1H3. The maximum absolute atomic E-state index is 5.78. The fourth-order valence-corrected chi connectivity index (χ4v) is 1.86. The predicted octanol–water partition coefficient (Wildman–Crippen LogP) is 2.95. The zero-order valence-corrected chi connectivity index (χ0v) is 10.5. The highest BCUT2D eigenvalue weighted by Gasteiger charge is 2.03. The summed E-state index contributed by atoms with van der Waals surface area (Å²) in [6.07, 6.45) is 4.69. The minimum absolute atomic E-state index is 0.385. The first-order valence-corrected chi connectivity index (χ1v) is 5.97. The first-order chi connectivity index (χ1) is 6.76. The molecule has 0 amide bonds. The molecular weight excluding hydrogens is 263 g/mol. The van der Waals surface area contributed by atoms with Crippen molar-refractivity contribution in [1.29, 1.82) is 0 Å². The van der Waals surface area contributed by atoms with Gasteiger partial charge in [0.15, 0.2) is 0 Å². The van der Waals surface area contributed by atoms with Crippen LogP contribution in [0.15, 0.2) is 22.9 Å². The van der Waals surface area contributed by atoms with Crippen molar-refractivity contribution in [3.05, 3.63) is 28.5 Å². The Morgan fingerprint density at radius 1 is 1.57 bits per heavy atom. The van der Waals surface area contributed by atoms with E-state index < -0.39 is 0 Å². The van der Waals surface area contributed by atoms with Gasteiger partial charge in [-0.2, -0.15) is 0 Å². The summed E-state index contributed by atoms with van der Waals surface area (Å²) in [7, 11) is 0. The molecule has 0 radical (unpaired) electrons. The lowest BCUT2D eigenvalue weighted by Gasteiger charge is -2.13. The Hall–Kier alpha value is -0.120. The van der Waals surface area contributed by atoms with Crippen molar-refractivity contribution >= 4 is 27.5 Å². The number of hydrogen-bond acceptors (Lipinski definition) is 2. The normalized spacial score (nSPS) is 12.8. The molecule has 0 spiro atoms. The third-order valence-electron chi connectivity index (χ3n) is 2.04. The van der Waals surface area contributed by atoms with Crippen LogP contribution < -0.4 is 5.32 Å². The summed E-state index contributed by atoms with van der Waals surface area (Å²) in [4.78, 5) is 4.09.